The molecule has 2 aromatic carbocycles. The Morgan fingerprint density at radius 2 is 1.79 bits per heavy atom. The Kier molecular flexibility index (Phi) is 4.35. The highest BCUT2D eigenvalue weighted by Gasteiger charge is 2.18. The van der Waals surface area contributed by atoms with Gasteiger partial charge in [0.15, 0.2) is 0 Å². The summed E-state index contributed by atoms with van der Waals surface area (Å²) >= 11 is 12.0. The predicted octanol–water partition coefficient (Wildman–Crippen LogP) is 4.39. The summed E-state index contributed by atoms with van der Waals surface area (Å²) in [6, 6.07) is 10.7. The van der Waals surface area contributed by atoms with Crippen LogP contribution in [-0.2, 0) is 0 Å². The van der Waals surface area contributed by atoms with Crippen LogP contribution < -0.4 is 4.74 Å². The Labute approximate surface area is 122 Å². The molecule has 0 bridgehead atoms. The average Bonchev–Trinajstić information content (AvgIpc) is 2.38. The van der Waals surface area contributed by atoms with E-state index in [1.165, 1.54) is 0 Å². The predicted molar refractivity (Wildman–Crippen MR) is 78.3 cm³/mol. The first-order valence-corrected chi connectivity index (χ1v) is 6.56. The average molecular weight is 297 g/mol. The van der Waals surface area contributed by atoms with E-state index in [2.05, 4.69) is 0 Å². The molecule has 0 aromatic heterocycles. The molecule has 100 valence electrons. The van der Waals surface area contributed by atoms with E-state index in [4.69, 9.17) is 27.9 Å². The molecule has 19 heavy (non-hydrogen) atoms. The summed E-state index contributed by atoms with van der Waals surface area (Å²) in [5.41, 5.74) is 2.33. The molecule has 0 aliphatic rings. The monoisotopic (exact) mass is 296 g/mol. The summed E-state index contributed by atoms with van der Waals surface area (Å²) in [4.78, 5) is 0. The summed E-state index contributed by atoms with van der Waals surface area (Å²) in [5.74, 6) is 0.629. The van der Waals surface area contributed by atoms with Crippen LogP contribution in [0.25, 0.3) is 0 Å². The minimum Gasteiger partial charge on any atom is -0.496 e. The molecule has 0 saturated carbocycles. The smallest absolute Gasteiger partial charge is 0.125 e. The Morgan fingerprint density at radius 3 is 2.42 bits per heavy atom. The minimum absolute atomic E-state index is 0.434. The van der Waals surface area contributed by atoms with E-state index in [-0.39, 0.29) is 0 Å². The first-order valence-electron chi connectivity index (χ1n) is 5.80. The summed E-state index contributed by atoms with van der Waals surface area (Å²) < 4.78 is 5.28. The van der Waals surface area contributed by atoms with Crippen molar-refractivity contribution in [1.29, 1.82) is 0 Å². The zero-order chi connectivity index (χ0) is 14.0. The van der Waals surface area contributed by atoms with Crippen LogP contribution >= 0.6 is 23.2 Å². The molecule has 2 nitrogen and oxygen atoms in total. The fourth-order valence-corrected chi connectivity index (χ4v) is 2.47. The van der Waals surface area contributed by atoms with E-state index in [1.807, 2.05) is 25.1 Å². The molecule has 0 radical (unpaired) electrons. The van der Waals surface area contributed by atoms with E-state index in [0.29, 0.717) is 26.9 Å². The molecule has 0 heterocycles. The Hall–Kier alpha value is -1.22. The van der Waals surface area contributed by atoms with Gasteiger partial charge in [0.1, 0.15) is 11.9 Å². The van der Waals surface area contributed by atoms with Crippen LogP contribution in [0.3, 0.4) is 0 Å². The van der Waals surface area contributed by atoms with E-state index in [0.717, 1.165) is 5.56 Å². The molecular formula is C15H14Cl2O2. The molecule has 0 saturated heterocycles. The van der Waals surface area contributed by atoms with Crippen LogP contribution in [0.4, 0.5) is 0 Å². The van der Waals surface area contributed by atoms with Gasteiger partial charge < -0.3 is 9.84 Å². The maximum atomic E-state index is 10.5. The van der Waals surface area contributed by atoms with Gasteiger partial charge in [-0.3, -0.25) is 0 Å². The fraction of sp³-hybridized carbons (Fsp3) is 0.200. The van der Waals surface area contributed by atoms with Gasteiger partial charge in [-0.1, -0.05) is 40.9 Å². The molecule has 4 heteroatoms. The summed E-state index contributed by atoms with van der Waals surface area (Å²) in [6.07, 6.45) is -0.848. The number of aliphatic hydroxyl groups is 1. The van der Waals surface area contributed by atoms with Crippen molar-refractivity contribution in [3.63, 3.8) is 0 Å². The lowest BCUT2D eigenvalue weighted by Gasteiger charge is -2.17. The second-order valence-corrected chi connectivity index (χ2v) is 5.16. The number of hydrogen-bond donors (Lipinski definition) is 1. The zero-order valence-corrected chi connectivity index (χ0v) is 12.2. The SMILES string of the molecule is COc1ccc(C)cc1C(O)c1ccc(Cl)cc1Cl. The lowest BCUT2D eigenvalue weighted by atomic mass is 9.99. The van der Waals surface area contributed by atoms with Crippen LogP contribution in [0.1, 0.15) is 22.8 Å². The standard InChI is InChI=1S/C15H14Cl2O2/c1-9-3-6-14(19-2)12(7-9)15(18)11-5-4-10(16)8-13(11)17/h3-8,15,18H,1-2H3. The molecule has 0 amide bonds. The molecule has 2 rings (SSSR count). The van der Waals surface area contributed by atoms with Crippen molar-refractivity contribution in [2.75, 3.05) is 7.11 Å². The molecule has 2 aromatic rings. The van der Waals surface area contributed by atoms with Crippen molar-refractivity contribution in [2.45, 2.75) is 13.0 Å². The van der Waals surface area contributed by atoms with Gasteiger partial charge in [-0.25, -0.2) is 0 Å². The Balaban J connectivity index is 2.49. The molecule has 1 N–H and O–H groups in total. The number of rotatable bonds is 3. The second kappa shape index (κ2) is 5.83. The van der Waals surface area contributed by atoms with E-state index >= 15 is 0 Å². The maximum Gasteiger partial charge on any atom is 0.125 e. The van der Waals surface area contributed by atoms with Crippen molar-refractivity contribution < 1.29 is 9.84 Å². The number of halogens is 2. The third-order valence-electron chi connectivity index (χ3n) is 2.94. The van der Waals surface area contributed by atoms with Gasteiger partial charge in [-0.15, -0.1) is 0 Å². The van der Waals surface area contributed by atoms with Gasteiger partial charge in [0.2, 0.25) is 0 Å². The van der Waals surface area contributed by atoms with Crippen LogP contribution in [-0.4, -0.2) is 12.2 Å². The minimum atomic E-state index is -0.848. The van der Waals surface area contributed by atoms with Gasteiger partial charge >= 0.3 is 0 Å². The third kappa shape index (κ3) is 3.03. The third-order valence-corrected chi connectivity index (χ3v) is 3.50. The van der Waals surface area contributed by atoms with Crippen LogP contribution in [0.15, 0.2) is 36.4 Å². The lowest BCUT2D eigenvalue weighted by molar-refractivity contribution is 0.215. The number of hydrogen-bond acceptors (Lipinski definition) is 2. The lowest BCUT2D eigenvalue weighted by Crippen LogP contribution is -2.03. The number of aliphatic hydroxyl groups excluding tert-OH is 1. The first kappa shape index (κ1) is 14.2. The molecular weight excluding hydrogens is 283 g/mol. The quantitative estimate of drug-likeness (QED) is 0.910. The van der Waals surface area contributed by atoms with Gasteiger partial charge in [0.25, 0.3) is 0 Å². The van der Waals surface area contributed by atoms with Gasteiger partial charge in [0.05, 0.1) is 7.11 Å². The molecule has 0 aliphatic heterocycles. The summed E-state index contributed by atoms with van der Waals surface area (Å²) in [7, 11) is 1.57. The number of ether oxygens (including phenoxy) is 1. The van der Waals surface area contributed by atoms with Crippen molar-refractivity contribution in [3.05, 3.63) is 63.1 Å². The normalized spacial score (nSPS) is 12.3. The fourth-order valence-electron chi connectivity index (χ4n) is 1.96. The zero-order valence-electron chi connectivity index (χ0n) is 10.7. The Morgan fingerprint density at radius 1 is 1.05 bits per heavy atom. The van der Waals surface area contributed by atoms with Crippen molar-refractivity contribution in [3.8, 4) is 5.75 Å². The largest absolute Gasteiger partial charge is 0.496 e. The van der Waals surface area contributed by atoms with Crippen molar-refractivity contribution in [1.82, 2.24) is 0 Å². The summed E-state index contributed by atoms with van der Waals surface area (Å²) in [6.45, 7) is 1.96. The van der Waals surface area contributed by atoms with Crippen molar-refractivity contribution in [2.24, 2.45) is 0 Å². The first-order chi connectivity index (χ1) is 9.02. The van der Waals surface area contributed by atoms with E-state index < -0.39 is 6.10 Å². The number of aryl methyl sites for hydroxylation is 1. The highest BCUT2D eigenvalue weighted by atomic mass is 35.5. The Bertz CT molecular complexity index is 597. The van der Waals surface area contributed by atoms with Crippen molar-refractivity contribution >= 4 is 23.2 Å². The van der Waals surface area contributed by atoms with Gasteiger partial charge in [-0.2, -0.15) is 0 Å². The van der Waals surface area contributed by atoms with E-state index in [1.54, 1.807) is 25.3 Å². The highest BCUT2D eigenvalue weighted by Crippen LogP contribution is 2.35. The molecule has 1 atom stereocenters. The second-order valence-electron chi connectivity index (χ2n) is 4.31. The highest BCUT2D eigenvalue weighted by molar-refractivity contribution is 6.35. The van der Waals surface area contributed by atoms with E-state index in [9.17, 15) is 5.11 Å². The molecule has 1 unspecified atom stereocenters. The molecule has 0 spiro atoms. The topological polar surface area (TPSA) is 29.5 Å². The molecule has 0 fully saturated rings. The number of methoxy groups -OCH3 is 1. The number of benzene rings is 2. The van der Waals surface area contributed by atoms with Crippen LogP contribution in [0.5, 0.6) is 5.75 Å². The van der Waals surface area contributed by atoms with Gasteiger partial charge in [-0.05, 0) is 31.2 Å². The molecule has 0 aliphatic carbocycles. The van der Waals surface area contributed by atoms with Gasteiger partial charge in [0, 0.05) is 21.2 Å². The van der Waals surface area contributed by atoms with Crippen LogP contribution in [0.2, 0.25) is 10.0 Å². The summed E-state index contributed by atoms with van der Waals surface area (Å²) in [5, 5.41) is 11.5. The maximum absolute atomic E-state index is 10.5. The van der Waals surface area contributed by atoms with Crippen LogP contribution in [0, 0.1) is 6.92 Å².